The third-order valence-electron chi connectivity index (χ3n) is 3.53. The van der Waals surface area contributed by atoms with Gasteiger partial charge in [-0.3, -0.25) is 4.79 Å². The van der Waals surface area contributed by atoms with Gasteiger partial charge in [-0.05, 0) is 36.1 Å². The standard InChI is InChI=1S/C17H16Cl2O2.C2H6/c1-11(17(20)21)13-7-3-2-6-12(13)10-14-15(18)8-4-5-9-16(14)19;1-2/h2-4,6-9,11H,5,10H2,1H3,(H,20,21);1-2H3. The first kappa shape index (κ1) is 19.5. The SMILES string of the molecule is CC.CC(C(=O)O)c1ccccc1CC1=C(Cl)C=CCC=C1Cl. The first-order valence-corrected chi connectivity index (χ1v) is 8.48. The van der Waals surface area contributed by atoms with E-state index >= 15 is 0 Å². The maximum Gasteiger partial charge on any atom is 0.310 e. The van der Waals surface area contributed by atoms with Crippen molar-refractivity contribution < 1.29 is 9.90 Å². The number of aliphatic carboxylic acids is 1. The molecule has 4 heteroatoms. The molecule has 1 aliphatic rings. The van der Waals surface area contributed by atoms with E-state index in [9.17, 15) is 9.90 Å². The molecule has 0 saturated carbocycles. The van der Waals surface area contributed by atoms with Crippen LogP contribution in [0.15, 0.2) is 58.1 Å². The average Bonchev–Trinajstić information content (AvgIpc) is 2.72. The zero-order valence-electron chi connectivity index (χ0n) is 13.6. The number of carboxylic acid groups (broad SMARTS) is 1. The van der Waals surface area contributed by atoms with Gasteiger partial charge < -0.3 is 5.11 Å². The summed E-state index contributed by atoms with van der Waals surface area (Å²) in [6.07, 6.45) is 6.96. The smallest absolute Gasteiger partial charge is 0.310 e. The Morgan fingerprint density at radius 3 is 2.57 bits per heavy atom. The van der Waals surface area contributed by atoms with Crippen molar-refractivity contribution in [2.24, 2.45) is 0 Å². The highest BCUT2D eigenvalue weighted by atomic mass is 35.5. The van der Waals surface area contributed by atoms with Crippen LogP contribution in [-0.2, 0) is 11.2 Å². The lowest BCUT2D eigenvalue weighted by atomic mass is 9.91. The molecule has 0 aliphatic heterocycles. The van der Waals surface area contributed by atoms with Crippen molar-refractivity contribution >= 4 is 29.2 Å². The summed E-state index contributed by atoms with van der Waals surface area (Å²) in [6, 6.07) is 7.50. The second kappa shape index (κ2) is 9.59. The molecule has 0 spiro atoms. The number of benzene rings is 1. The summed E-state index contributed by atoms with van der Waals surface area (Å²) in [5, 5.41) is 10.5. The lowest BCUT2D eigenvalue weighted by Crippen LogP contribution is -2.10. The van der Waals surface area contributed by atoms with E-state index in [1.165, 1.54) is 0 Å². The van der Waals surface area contributed by atoms with Crippen LogP contribution in [-0.4, -0.2) is 11.1 Å². The Bertz CT molecular complexity index is 643. The maximum absolute atomic E-state index is 11.2. The van der Waals surface area contributed by atoms with Crippen molar-refractivity contribution in [2.45, 2.75) is 39.5 Å². The minimum absolute atomic E-state index is 0.520. The number of rotatable bonds is 4. The third kappa shape index (κ3) is 5.26. The number of allylic oxidation sites excluding steroid dienone is 6. The van der Waals surface area contributed by atoms with Gasteiger partial charge in [-0.15, -0.1) is 0 Å². The Kier molecular flexibility index (Phi) is 8.15. The van der Waals surface area contributed by atoms with E-state index in [-0.39, 0.29) is 0 Å². The molecule has 0 radical (unpaired) electrons. The predicted octanol–water partition coefficient (Wildman–Crippen LogP) is 6.02. The van der Waals surface area contributed by atoms with Gasteiger partial charge in [0, 0.05) is 16.5 Å². The fourth-order valence-electron chi connectivity index (χ4n) is 2.29. The molecule has 0 heterocycles. The van der Waals surface area contributed by atoms with Crippen LogP contribution in [0.3, 0.4) is 0 Å². The Morgan fingerprint density at radius 1 is 1.26 bits per heavy atom. The largest absolute Gasteiger partial charge is 0.481 e. The van der Waals surface area contributed by atoms with Crippen LogP contribution in [0.5, 0.6) is 0 Å². The Balaban J connectivity index is 0.00000127. The first-order valence-electron chi connectivity index (χ1n) is 7.72. The number of carboxylic acids is 1. The van der Waals surface area contributed by atoms with Crippen molar-refractivity contribution in [1.29, 1.82) is 0 Å². The molecule has 0 amide bonds. The highest BCUT2D eigenvalue weighted by molar-refractivity contribution is 6.36. The van der Waals surface area contributed by atoms with Crippen LogP contribution in [0.2, 0.25) is 0 Å². The fraction of sp³-hybridized carbons (Fsp3) is 0.316. The van der Waals surface area contributed by atoms with E-state index in [0.29, 0.717) is 16.5 Å². The van der Waals surface area contributed by atoms with Gasteiger partial charge in [-0.1, -0.05) is 73.5 Å². The van der Waals surface area contributed by atoms with Crippen molar-refractivity contribution in [3.63, 3.8) is 0 Å². The summed E-state index contributed by atoms with van der Waals surface area (Å²) < 4.78 is 0. The second-order valence-electron chi connectivity index (χ2n) is 4.95. The molecule has 0 bridgehead atoms. The molecule has 1 aromatic rings. The lowest BCUT2D eigenvalue weighted by molar-refractivity contribution is -0.138. The number of halogens is 2. The Labute approximate surface area is 148 Å². The molecule has 0 saturated heterocycles. The molecule has 1 aromatic carbocycles. The average molecular weight is 353 g/mol. The van der Waals surface area contributed by atoms with Crippen molar-refractivity contribution in [3.8, 4) is 0 Å². The van der Waals surface area contributed by atoms with Crippen LogP contribution in [0, 0.1) is 0 Å². The molecule has 1 N–H and O–H groups in total. The first-order chi connectivity index (χ1) is 11.0. The van der Waals surface area contributed by atoms with E-state index < -0.39 is 11.9 Å². The van der Waals surface area contributed by atoms with Crippen LogP contribution >= 0.6 is 23.2 Å². The number of carbonyl (C=O) groups is 1. The van der Waals surface area contributed by atoms with Gasteiger partial charge in [-0.25, -0.2) is 0 Å². The van der Waals surface area contributed by atoms with Crippen LogP contribution in [0.4, 0.5) is 0 Å². The fourth-order valence-corrected chi connectivity index (χ4v) is 2.85. The van der Waals surface area contributed by atoms with Crippen molar-refractivity contribution in [1.82, 2.24) is 0 Å². The Morgan fingerprint density at radius 2 is 1.91 bits per heavy atom. The minimum Gasteiger partial charge on any atom is -0.481 e. The van der Waals surface area contributed by atoms with Crippen LogP contribution < -0.4 is 0 Å². The van der Waals surface area contributed by atoms with Gasteiger partial charge in [0.25, 0.3) is 0 Å². The molecule has 0 aromatic heterocycles. The Hall–Kier alpha value is -1.51. The second-order valence-corrected chi connectivity index (χ2v) is 5.77. The molecular weight excluding hydrogens is 331 g/mol. The van der Waals surface area contributed by atoms with E-state index in [1.807, 2.05) is 56.3 Å². The summed E-state index contributed by atoms with van der Waals surface area (Å²) in [5.41, 5.74) is 2.55. The van der Waals surface area contributed by atoms with Crippen molar-refractivity contribution in [3.05, 3.63) is 69.3 Å². The summed E-state index contributed by atoms with van der Waals surface area (Å²) in [7, 11) is 0. The quantitative estimate of drug-likeness (QED) is 0.719. The summed E-state index contributed by atoms with van der Waals surface area (Å²) >= 11 is 12.6. The number of hydrogen-bond donors (Lipinski definition) is 1. The third-order valence-corrected chi connectivity index (χ3v) is 4.27. The summed E-state index contributed by atoms with van der Waals surface area (Å²) in [5.74, 6) is -1.41. The zero-order chi connectivity index (χ0) is 17.4. The number of hydrogen-bond acceptors (Lipinski definition) is 1. The normalized spacial score (nSPS) is 15.3. The van der Waals surface area contributed by atoms with E-state index in [4.69, 9.17) is 23.2 Å². The molecule has 2 rings (SSSR count). The monoisotopic (exact) mass is 352 g/mol. The van der Waals surface area contributed by atoms with Gasteiger partial charge in [0.1, 0.15) is 0 Å². The molecular formula is C19H22Cl2O2. The molecule has 1 atom stereocenters. The van der Waals surface area contributed by atoms with Crippen LogP contribution in [0.1, 0.15) is 44.2 Å². The maximum atomic E-state index is 11.2. The van der Waals surface area contributed by atoms with Gasteiger partial charge in [-0.2, -0.15) is 0 Å². The van der Waals surface area contributed by atoms with Gasteiger partial charge in [0.05, 0.1) is 5.92 Å². The van der Waals surface area contributed by atoms with E-state index in [0.717, 1.165) is 23.1 Å². The molecule has 1 aliphatic carbocycles. The van der Waals surface area contributed by atoms with Gasteiger partial charge in [0.15, 0.2) is 0 Å². The molecule has 2 nitrogen and oxygen atoms in total. The van der Waals surface area contributed by atoms with Gasteiger partial charge >= 0.3 is 5.97 Å². The topological polar surface area (TPSA) is 37.3 Å². The summed E-state index contributed by atoms with van der Waals surface area (Å²) in [6.45, 7) is 5.68. The van der Waals surface area contributed by atoms with Crippen LogP contribution in [0.25, 0.3) is 0 Å². The molecule has 0 fully saturated rings. The molecule has 23 heavy (non-hydrogen) atoms. The minimum atomic E-state index is -0.843. The van der Waals surface area contributed by atoms with Gasteiger partial charge in [0.2, 0.25) is 0 Å². The zero-order valence-corrected chi connectivity index (χ0v) is 15.2. The molecule has 124 valence electrons. The van der Waals surface area contributed by atoms with E-state index in [2.05, 4.69) is 0 Å². The summed E-state index contributed by atoms with van der Waals surface area (Å²) in [4.78, 5) is 11.2. The van der Waals surface area contributed by atoms with Crippen molar-refractivity contribution in [2.75, 3.05) is 0 Å². The lowest BCUT2D eigenvalue weighted by Gasteiger charge is -2.15. The predicted molar refractivity (Wildman–Crippen MR) is 98.1 cm³/mol. The molecule has 1 unspecified atom stereocenters. The van der Waals surface area contributed by atoms with E-state index in [1.54, 1.807) is 6.92 Å². The highest BCUT2D eigenvalue weighted by Gasteiger charge is 2.19. The highest BCUT2D eigenvalue weighted by Crippen LogP contribution is 2.31.